The van der Waals surface area contributed by atoms with Crippen molar-refractivity contribution in [3.8, 4) is 5.75 Å². The lowest BCUT2D eigenvalue weighted by Gasteiger charge is -2.36. The van der Waals surface area contributed by atoms with Crippen molar-refractivity contribution >= 4 is 38.8 Å². The van der Waals surface area contributed by atoms with E-state index >= 15 is 0 Å². The van der Waals surface area contributed by atoms with Gasteiger partial charge in [-0.05, 0) is 68.8 Å². The number of carbonyl (C=O) groups excluding carboxylic acids is 1. The van der Waals surface area contributed by atoms with E-state index in [0.717, 1.165) is 22.2 Å². The van der Waals surface area contributed by atoms with E-state index in [0.29, 0.717) is 0 Å². The number of hydrogen-bond donors (Lipinski definition) is 0. The highest BCUT2D eigenvalue weighted by Crippen LogP contribution is 2.37. The van der Waals surface area contributed by atoms with E-state index in [1.165, 1.54) is 0 Å². The van der Waals surface area contributed by atoms with Gasteiger partial charge in [0.2, 0.25) is 8.32 Å². The number of rotatable bonds is 2. The summed E-state index contributed by atoms with van der Waals surface area (Å²) in [5, 5.41) is 1.12. The zero-order valence-corrected chi connectivity index (χ0v) is 18.0. The molecular formula is C19H30BNO3Si. The van der Waals surface area contributed by atoms with E-state index in [9.17, 15) is 4.79 Å². The first-order valence-electron chi connectivity index (χ1n) is 8.76. The number of fused-ring (bicyclic) bond motifs is 1. The van der Waals surface area contributed by atoms with Crippen molar-refractivity contribution in [2.24, 2.45) is 0 Å². The predicted octanol–water partition coefficient (Wildman–Crippen LogP) is 4.07. The summed E-state index contributed by atoms with van der Waals surface area (Å²) >= 11 is 0. The van der Waals surface area contributed by atoms with Crippen LogP contribution < -0.4 is 10.0 Å². The van der Waals surface area contributed by atoms with E-state index in [2.05, 4.69) is 33.9 Å². The third kappa shape index (κ3) is 4.29. The molecule has 0 atom stereocenters. The summed E-state index contributed by atoms with van der Waals surface area (Å²) in [6.07, 6.45) is -0.349. The van der Waals surface area contributed by atoms with Gasteiger partial charge in [-0.1, -0.05) is 20.8 Å². The molecule has 0 saturated carbocycles. The molecule has 25 heavy (non-hydrogen) atoms. The molecule has 0 aliphatic heterocycles. The van der Waals surface area contributed by atoms with Crippen LogP contribution in [0.5, 0.6) is 5.75 Å². The Hall–Kier alpha value is -1.69. The fraction of sp³-hybridized carbons (Fsp3) is 0.526. The van der Waals surface area contributed by atoms with Gasteiger partial charge in [0.1, 0.15) is 11.4 Å². The summed E-state index contributed by atoms with van der Waals surface area (Å²) < 4.78 is 13.5. The van der Waals surface area contributed by atoms with Crippen molar-refractivity contribution in [3.63, 3.8) is 0 Å². The molecule has 0 unspecified atom stereocenters. The summed E-state index contributed by atoms with van der Waals surface area (Å²) in [4.78, 5) is 12.5. The Morgan fingerprint density at radius 1 is 1.08 bits per heavy atom. The van der Waals surface area contributed by atoms with Gasteiger partial charge < -0.3 is 9.16 Å². The number of carbonyl (C=O) groups is 1. The van der Waals surface area contributed by atoms with Gasteiger partial charge in [0.05, 0.1) is 5.52 Å². The zero-order valence-electron chi connectivity index (χ0n) is 17.0. The predicted molar refractivity (Wildman–Crippen MR) is 110 cm³/mol. The van der Waals surface area contributed by atoms with Crippen LogP contribution >= 0.6 is 0 Å². The summed E-state index contributed by atoms with van der Waals surface area (Å²) in [5.74, 6) is 0.862. The van der Waals surface area contributed by atoms with Crippen LogP contribution in [0.25, 0.3) is 10.9 Å². The van der Waals surface area contributed by atoms with Crippen molar-refractivity contribution in [1.82, 2.24) is 4.57 Å². The fourth-order valence-electron chi connectivity index (χ4n) is 2.39. The molecule has 1 aromatic carbocycles. The van der Waals surface area contributed by atoms with Gasteiger partial charge in [-0.2, -0.15) is 0 Å². The van der Waals surface area contributed by atoms with E-state index < -0.39 is 13.9 Å². The van der Waals surface area contributed by atoms with Gasteiger partial charge in [-0.3, -0.25) is 4.57 Å². The van der Waals surface area contributed by atoms with E-state index in [-0.39, 0.29) is 11.1 Å². The zero-order chi connectivity index (χ0) is 19.2. The van der Waals surface area contributed by atoms with Crippen LogP contribution in [0.2, 0.25) is 18.1 Å². The van der Waals surface area contributed by atoms with Crippen LogP contribution in [0, 0.1) is 0 Å². The summed E-state index contributed by atoms with van der Waals surface area (Å²) in [7, 11) is 0.0231. The summed E-state index contributed by atoms with van der Waals surface area (Å²) in [5.41, 5.74) is 1.17. The largest absolute Gasteiger partial charge is 0.543 e. The lowest BCUT2D eigenvalue weighted by molar-refractivity contribution is 0.0549. The number of hydrogen-bond acceptors (Lipinski definition) is 3. The highest BCUT2D eigenvalue weighted by Gasteiger charge is 2.39. The molecule has 2 aromatic rings. The van der Waals surface area contributed by atoms with Crippen LogP contribution in [0.4, 0.5) is 4.79 Å². The lowest BCUT2D eigenvalue weighted by Crippen LogP contribution is -2.43. The fourth-order valence-corrected chi connectivity index (χ4v) is 3.41. The Balaban J connectivity index is 2.39. The Labute approximate surface area is 153 Å². The second-order valence-electron chi connectivity index (χ2n) is 9.18. The van der Waals surface area contributed by atoms with Crippen molar-refractivity contribution in [2.45, 2.75) is 65.3 Å². The molecule has 2 rings (SSSR count). The van der Waals surface area contributed by atoms with Crippen molar-refractivity contribution < 1.29 is 14.0 Å². The number of aromatic nitrogens is 1. The maximum Gasteiger partial charge on any atom is 0.418 e. The first-order chi connectivity index (χ1) is 11.2. The van der Waals surface area contributed by atoms with Gasteiger partial charge in [-0.25, -0.2) is 4.79 Å². The smallest absolute Gasteiger partial charge is 0.418 e. The van der Waals surface area contributed by atoms with Gasteiger partial charge >= 0.3 is 6.09 Å². The lowest BCUT2D eigenvalue weighted by atomic mass is 10.1. The van der Waals surface area contributed by atoms with Crippen molar-refractivity contribution in [1.29, 1.82) is 0 Å². The molecule has 0 bridgehead atoms. The molecule has 0 aliphatic rings. The van der Waals surface area contributed by atoms with Gasteiger partial charge in [0.25, 0.3) is 0 Å². The summed E-state index contributed by atoms with van der Waals surface area (Å²) in [6, 6.07) is 7.90. The molecule has 136 valence electrons. The topological polar surface area (TPSA) is 40.5 Å². The minimum Gasteiger partial charge on any atom is -0.543 e. The minimum absolute atomic E-state index is 0.139. The van der Waals surface area contributed by atoms with Gasteiger partial charge in [0, 0.05) is 5.39 Å². The maximum atomic E-state index is 12.5. The maximum absolute atomic E-state index is 12.5. The van der Waals surface area contributed by atoms with Gasteiger partial charge in [0.15, 0.2) is 7.85 Å². The highest BCUT2D eigenvalue weighted by molar-refractivity contribution is 6.74. The van der Waals surface area contributed by atoms with Crippen LogP contribution in [0.3, 0.4) is 0 Å². The first kappa shape index (κ1) is 19.6. The highest BCUT2D eigenvalue weighted by atomic mass is 28.4. The van der Waals surface area contributed by atoms with Crippen molar-refractivity contribution in [3.05, 3.63) is 24.3 Å². The van der Waals surface area contributed by atoms with E-state index in [1.54, 1.807) is 4.57 Å². The average Bonchev–Trinajstić information content (AvgIpc) is 2.69. The van der Waals surface area contributed by atoms with E-state index in [1.807, 2.05) is 52.9 Å². The third-order valence-corrected chi connectivity index (χ3v) is 9.07. The SMILES string of the molecule is Bc1cc2cc(O[Si](C)(C)C(C)(C)C)ccc2n1C(=O)OC(C)(C)C. The molecule has 0 saturated heterocycles. The molecule has 0 aliphatic carbocycles. The molecule has 0 fully saturated rings. The molecule has 0 radical (unpaired) electrons. The quantitative estimate of drug-likeness (QED) is 0.759. The Kier molecular flexibility index (Phi) is 4.90. The van der Waals surface area contributed by atoms with Gasteiger partial charge in [-0.15, -0.1) is 0 Å². The first-order valence-corrected chi connectivity index (χ1v) is 11.7. The average molecular weight is 359 g/mol. The second-order valence-corrected chi connectivity index (χ2v) is 13.9. The normalized spacial score (nSPS) is 13.1. The standard InChI is InChI=1S/C19H30BNO3Si/c1-18(2,3)23-17(22)21-15-10-9-14(11-13(15)12-16(21)20)24-25(7,8)19(4,5)6/h9-12H,20H2,1-8H3. The van der Waals surface area contributed by atoms with E-state index in [4.69, 9.17) is 9.16 Å². The monoisotopic (exact) mass is 359 g/mol. The third-order valence-electron chi connectivity index (χ3n) is 4.71. The number of ether oxygens (including phenoxy) is 1. The molecule has 1 heterocycles. The molecule has 6 heteroatoms. The molecule has 4 nitrogen and oxygen atoms in total. The molecule has 1 aromatic heterocycles. The molecular weight excluding hydrogens is 329 g/mol. The minimum atomic E-state index is -1.89. The van der Waals surface area contributed by atoms with Crippen molar-refractivity contribution in [2.75, 3.05) is 0 Å². The number of benzene rings is 1. The van der Waals surface area contributed by atoms with Crippen LogP contribution in [-0.2, 0) is 4.74 Å². The number of nitrogens with zero attached hydrogens (tertiary/aromatic N) is 1. The Morgan fingerprint density at radius 3 is 2.20 bits per heavy atom. The second kappa shape index (κ2) is 6.24. The Morgan fingerprint density at radius 2 is 1.68 bits per heavy atom. The molecule has 0 N–H and O–H groups in total. The molecule has 0 amide bonds. The van der Waals surface area contributed by atoms with Crippen LogP contribution in [0.15, 0.2) is 24.3 Å². The molecule has 0 spiro atoms. The Bertz CT molecular complexity index is 797. The summed E-state index contributed by atoms with van der Waals surface area (Å²) in [6.45, 7) is 16.7. The van der Waals surface area contributed by atoms with Crippen LogP contribution in [0.1, 0.15) is 41.5 Å². The van der Waals surface area contributed by atoms with Crippen LogP contribution in [-0.4, -0.2) is 32.4 Å².